The van der Waals surface area contributed by atoms with Gasteiger partial charge in [-0.25, -0.2) is 0 Å². The van der Waals surface area contributed by atoms with Gasteiger partial charge in [0.2, 0.25) is 0 Å². The van der Waals surface area contributed by atoms with E-state index in [0.29, 0.717) is 12.3 Å². The van der Waals surface area contributed by atoms with Crippen molar-refractivity contribution in [3.63, 3.8) is 0 Å². The van der Waals surface area contributed by atoms with Crippen molar-refractivity contribution in [2.24, 2.45) is 5.41 Å². The molecule has 0 saturated heterocycles. The smallest absolute Gasteiger partial charge is 0.257 e. The molecule has 0 heterocycles. The monoisotopic (exact) mass is 291 g/mol. The predicted octanol–water partition coefficient (Wildman–Crippen LogP) is 2.43. The zero-order valence-corrected chi connectivity index (χ0v) is 12.7. The van der Waals surface area contributed by atoms with Crippen LogP contribution in [0.3, 0.4) is 0 Å². The molecule has 1 fully saturated rings. The normalized spacial score (nSPS) is 17.2. The molecule has 0 spiro atoms. The first-order chi connectivity index (χ1) is 10.1. The van der Waals surface area contributed by atoms with E-state index in [-0.39, 0.29) is 24.5 Å². The Morgan fingerprint density at radius 2 is 2.10 bits per heavy atom. The SMILES string of the molecule is Cc1cccc(OCC(=O)NCC2(CO)CCCCC2)c1. The summed E-state index contributed by atoms with van der Waals surface area (Å²) < 4.78 is 5.48. The largest absolute Gasteiger partial charge is 0.484 e. The Kier molecular flexibility index (Phi) is 5.62. The van der Waals surface area contributed by atoms with Gasteiger partial charge < -0.3 is 15.2 Å². The van der Waals surface area contributed by atoms with Gasteiger partial charge in [0.05, 0.1) is 6.61 Å². The highest BCUT2D eigenvalue weighted by Gasteiger charge is 2.31. The summed E-state index contributed by atoms with van der Waals surface area (Å²) in [7, 11) is 0. The Balaban J connectivity index is 1.76. The average Bonchev–Trinajstić information content (AvgIpc) is 2.52. The summed E-state index contributed by atoms with van der Waals surface area (Å²) in [6.07, 6.45) is 5.48. The van der Waals surface area contributed by atoms with Crippen LogP contribution in [0.15, 0.2) is 24.3 Å². The van der Waals surface area contributed by atoms with E-state index in [9.17, 15) is 9.90 Å². The van der Waals surface area contributed by atoms with E-state index in [4.69, 9.17) is 4.74 Å². The van der Waals surface area contributed by atoms with Gasteiger partial charge in [-0.3, -0.25) is 4.79 Å². The Hall–Kier alpha value is -1.55. The van der Waals surface area contributed by atoms with E-state index >= 15 is 0 Å². The fourth-order valence-corrected chi connectivity index (χ4v) is 2.88. The van der Waals surface area contributed by atoms with Gasteiger partial charge in [0, 0.05) is 12.0 Å². The lowest BCUT2D eigenvalue weighted by molar-refractivity contribution is -0.123. The Morgan fingerprint density at radius 3 is 2.76 bits per heavy atom. The first-order valence-corrected chi connectivity index (χ1v) is 7.71. The molecule has 1 aliphatic rings. The lowest BCUT2D eigenvalue weighted by Gasteiger charge is -2.35. The molecule has 1 aromatic rings. The Morgan fingerprint density at radius 1 is 1.33 bits per heavy atom. The van der Waals surface area contributed by atoms with Gasteiger partial charge in [-0.2, -0.15) is 0 Å². The van der Waals surface area contributed by atoms with Crippen LogP contribution in [0.4, 0.5) is 0 Å². The zero-order chi connectivity index (χ0) is 15.1. The fourth-order valence-electron chi connectivity index (χ4n) is 2.88. The molecule has 1 amide bonds. The lowest BCUT2D eigenvalue weighted by atomic mass is 9.74. The molecule has 0 aromatic heterocycles. The third-order valence-corrected chi connectivity index (χ3v) is 4.27. The van der Waals surface area contributed by atoms with Crippen LogP contribution in [-0.4, -0.2) is 30.8 Å². The highest BCUT2D eigenvalue weighted by molar-refractivity contribution is 5.77. The van der Waals surface area contributed by atoms with Crippen molar-refractivity contribution in [3.05, 3.63) is 29.8 Å². The average molecular weight is 291 g/mol. The summed E-state index contributed by atoms with van der Waals surface area (Å²) in [4.78, 5) is 11.9. The van der Waals surface area contributed by atoms with Gasteiger partial charge in [-0.1, -0.05) is 31.4 Å². The van der Waals surface area contributed by atoms with Crippen LogP contribution in [0.2, 0.25) is 0 Å². The number of carbonyl (C=O) groups is 1. The van der Waals surface area contributed by atoms with E-state index in [0.717, 1.165) is 31.2 Å². The zero-order valence-electron chi connectivity index (χ0n) is 12.7. The standard InChI is InChI=1S/C17H25NO3/c1-14-6-5-7-15(10-14)21-11-16(20)18-12-17(13-19)8-3-2-4-9-17/h5-7,10,19H,2-4,8-9,11-13H2,1H3,(H,18,20). The van der Waals surface area contributed by atoms with Crippen LogP contribution < -0.4 is 10.1 Å². The summed E-state index contributed by atoms with van der Waals surface area (Å²) >= 11 is 0. The molecule has 4 nitrogen and oxygen atoms in total. The second-order valence-corrected chi connectivity index (χ2v) is 6.10. The molecular formula is C17H25NO3. The number of hydrogen-bond donors (Lipinski definition) is 2. The van der Waals surface area contributed by atoms with Crippen LogP contribution in [0.5, 0.6) is 5.75 Å². The highest BCUT2D eigenvalue weighted by atomic mass is 16.5. The molecule has 0 bridgehead atoms. The number of hydrogen-bond acceptors (Lipinski definition) is 3. The molecular weight excluding hydrogens is 266 g/mol. The number of ether oxygens (including phenoxy) is 1. The second-order valence-electron chi connectivity index (χ2n) is 6.10. The van der Waals surface area contributed by atoms with Crippen molar-refractivity contribution in [2.45, 2.75) is 39.0 Å². The molecule has 1 aromatic carbocycles. The number of benzene rings is 1. The van der Waals surface area contributed by atoms with Gasteiger partial charge in [0.25, 0.3) is 5.91 Å². The van der Waals surface area contributed by atoms with Crippen molar-refractivity contribution >= 4 is 5.91 Å². The van der Waals surface area contributed by atoms with Crippen LogP contribution in [0.1, 0.15) is 37.7 Å². The third kappa shape index (κ3) is 4.74. The number of aliphatic hydroxyl groups is 1. The van der Waals surface area contributed by atoms with Gasteiger partial charge in [-0.05, 0) is 37.5 Å². The summed E-state index contributed by atoms with van der Waals surface area (Å²) in [5.74, 6) is 0.578. The molecule has 1 saturated carbocycles. The maximum atomic E-state index is 11.9. The van der Waals surface area contributed by atoms with Crippen LogP contribution >= 0.6 is 0 Å². The molecule has 0 radical (unpaired) electrons. The van der Waals surface area contributed by atoms with E-state index < -0.39 is 0 Å². The first-order valence-electron chi connectivity index (χ1n) is 7.71. The number of rotatable bonds is 6. The number of amides is 1. The van der Waals surface area contributed by atoms with Crippen LogP contribution in [-0.2, 0) is 4.79 Å². The van der Waals surface area contributed by atoms with E-state index in [2.05, 4.69) is 5.32 Å². The Bertz CT molecular complexity index is 467. The van der Waals surface area contributed by atoms with E-state index in [1.165, 1.54) is 6.42 Å². The van der Waals surface area contributed by atoms with E-state index in [1.807, 2.05) is 31.2 Å². The van der Waals surface area contributed by atoms with E-state index in [1.54, 1.807) is 0 Å². The maximum Gasteiger partial charge on any atom is 0.257 e. The van der Waals surface area contributed by atoms with Gasteiger partial charge in [0.15, 0.2) is 6.61 Å². The third-order valence-electron chi connectivity index (χ3n) is 4.27. The van der Waals surface area contributed by atoms with Crippen molar-refractivity contribution < 1.29 is 14.6 Å². The molecule has 0 unspecified atom stereocenters. The summed E-state index contributed by atoms with van der Waals surface area (Å²) in [5, 5.41) is 12.5. The molecule has 4 heteroatoms. The molecule has 2 N–H and O–H groups in total. The molecule has 2 rings (SSSR count). The maximum absolute atomic E-state index is 11.9. The number of aliphatic hydroxyl groups excluding tert-OH is 1. The summed E-state index contributed by atoms with van der Waals surface area (Å²) in [6.45, 7) is 2.69. The van der Waals surface area contributed by atoms with Crippen LogP contribution in [0.25, 0.3) is 0 Å². The van der Waals surface area contributed by atoms with Crippen LogP contribution in [0, 0.1) is 12.3 Å². The molecule has 116 valence electrons. The number of aryl methyl sites for hydroxylation is 1. The minimum absolute atomic E-state index is 0.0188. The minimum Gasteiger partial charge on any atom is -0.484 e. The van der Waals surface area contributed by atoms with Crippen molar-refractivity contribution in [1.29, 1.82) is 0 Å². The molecule has 0 atom stereocenters. The van der Waals surface area contributed by atoms with Gasteiger partial charge >= 0.3 is 0 Å². The predicted molar refractivity (Wildman–Crippen MR) is 82.3 cm³/mol. The van der Waals surface area contributed by atoms with Gasteiger partial charge in [-0.15, -0.1) is 0 Å². The second kappa shape index (κ2) is 7.46. The topological polar surface area (TPSA) is 58.6 Å². The van der Waals surface area contributed by atoms with Crippen molar-refractivity contribution in [2.75, 3.05) is 19.8 Å². The number of carbonyl (C=O) groups excluding carboxylic acids is 1. The van der Waals surface area contributed by atoms with Crippen molar-refractivity contribution in [1.82, 2.24) is 5.32 Å². The summed E-state index contributed by atoms with van der Waals surface area (Å²) in [5.41, 5.74) is 0.978. The van der Waals surface area contributed by atoms with Gasteiger partial charge in [0.1, 0.15) is 5.75 Å². The molecule has 0 aliphatic heterocycles. The molecule has 1 aliphatic carbocycles. The first kappa shape index (κ1) is 15.8. The summed E-state index contributed by atoms with van der Waals surface area (Å²) in [6, 6.07) is 7.65. The lowest BCUT2D eigenvalue weighted by Crippen LogP contribution is -2.42. The Labute approximate surface area is 126 Å². The van der Waals surface area contributed by atoms with Crippen molar-refractivity contribution in [3.8, 4) is 5.75 Å². The quantitative estimate of drug-likeness (QED) is 0.846. The fraction of sp³-hybridized carbons (Fsp3) is 0.588. The minimum atomic E-state index is -0.130. The number of nitrogens with one attached hydrogen (secondary N) is 1. The molecule has 21 heavy (non-hydrogen) atoms. The highest BCUT2D eigenvalue weighted by Crippen LogP contribution is 2.35.